The highest BCUT2D eigenvalue weighted by molar-refractivity contribution is 5.31. The minimum Gasteiger partial charge on any atom is -0.372 e. The largest absolute Gasteiger partial charge is 0.372 e. The molecule has 0 spiro atoms. The van der Waals surface area contributed by atoms with E-state index in [4.69, 9.17) is 0 Å². The van der Waals surface area contributed by atoms with Gasteiger partial charge in [-0.3, -0.25) is 4.90 Å². The van der Waals surface area contributed by atoms with Crippen molar-refractivity contribution in [2.45, 2.75) is 25.8 Å². The van der Waals surface area contributed by atoms with Gasteiger partial charge in [-0.2, -0.15) is 5.10 Å². The van der Waals surface area contributed by atoms with Crippen molar-refractivity contribution in [2.75, 3.05) is 37.8 Å². The Bertz CT molecular complexity index is 571. The molecule has 1 atom stereocenters. The van der Waals surface area contributed by atoms with Gasteiger partial charge < -0.3 is 10.6 Å². The van der Waals surface area contributed by atoms with Crippen LogP contribution in [0.2, 0.25) is 0 Å². The molecule has 2 aromatic heterocycles. The predicted octanol–water partition coefficient (Wildman–Crippen LogP) is 1.80. The fourth-order valence-corrected chi connectivity index (χ4v) is 3.18. The number of nitrogens with zero attached hydrogens (tertiary/aromatic N) is 5. The van der Waals surface area contributed by atoms with Crippen LogP contribution >= 0.6 is 0 Å². The van der Waals surface area contributed by atoms with Crippen LogP contribution in [0.3, 0.4) is 0 Å². The fraction of sp³-hybridized carbons (Fsp3) is 0.529. The first-order chi connectivity index (χ1) is 11.8. The van der Waals surface area contributed by atoms with Gasteiger partial charge in [0, 0.05) is 45.1 Å². The summed E-state index contributed by atoms with van der Waals surface area (Å²) in [6.45, 7) is 3.13. The molecule has 1 saturated heterocycles. The molecule has 7 nitrogen and oxygen atoms in total. The molecule has 0 aliphatic carbocycles. The van der Waals surface area contributed by atoms with Crippen LogP contribution in [-0.2, 0) is 13.0 Å². The number of anilines is 2. The van der Waals surface area contributed by atoms with Gasteiger partial charge in [-0.1, -0.05) is 0 Å². The van der Waals surface area contributed by atoms with Crippen molar-refractivity contribution in [3.8, 4) is 0 Å². The van der Waals surface area contributed by atoms with E-state index in [0.717, 1.165) is 43.1 Å². The maximum absolute atomic E-state index is 4.31. The summed E-state index contributed by atoms with van der Waals surface area (Å²) in [5.74, 6) is 2.11. The van der Waals surface area contributed by atoms with Crippen LogP contribution in [0.4, 0.5) is 11.8 Å². The SMILES string of the molecule is CNc1ccc(C[C@@H]2CCCN(Cc3cnc(NC)nc3)C2)nn1. The number of aromatic nitrogens is 4. The van der Waals surface area contributed by atoms with Gasteiger partial charge in [0.1, 0.15) is 5.82 Å². The Balaban J connectivity index is 1.54. The molecule has 7 heteroatoms. The van der Waals surface area contributed by atoms with Crippen LogP contribution in [-0.4, -0.2) is 52.3 Å². The van der Waals surface area contributed by atoms with E-state index < -0.39 is 0 Å². The summed E-state index contributed by atoms with van der Waals surface area (Å²) >= 11 is 0. The zero-order valence-electron chi connectivity index (χ0n) is 14.4. The molecule has 2 aromatic rings. The summed E-state index contributed by atoms with van der Waals surface area (Å²) in [4.78, 5) is 11.1. The molecule has 0 aromatic carbocycles. The van der Waals surface area contributed by atoms with E-state index in [9.17, 15) is 0 Å². The molecule has 0 unspecified atom stereocenters. The van der Waals surface area contributed by atoms with Crippen molar-refractivity contribution in [1.29, 1.82) is 0 Å². The van der Waals surface area contributed by atoms with Gasteiger partial charge in [-0.25, -0.2) is 9.97 Å². The Hall–Kier alpha value is -2.28. The molecule has 1 aliphatic rings. The van der Waals surface area contributed by atoms with Gasteiger partial charge in [0.05, 0.1) is 5.69 Å². The number of hydrogen-bond donors (Lipinski definition) is 2. The molecule has 24 heavy (non-hydrogen) atoms. The summed E-state index contributed by atoms with van der Waals surface area (Å²) in [6.07, 6.45) is 7.28. The van der Waals surface area contributed by atoms with Gasteiger partial charge in [0.2, 0.25) is 5.95 Å². The third-order valence-electron chi connectivity index (χ3n) is 4.41. The quantitative estimate of drug-likeness (QED) is 0.837. The average molecular weight is 327 g/mol. The normalized spacial score (nSPS) is 18.3. The number of piperidine rings is 1. The van der Waals surface area contributed by atoms with Crippen LogP contribution in [0.1, 0.15) is 24.1 Å². The molecule has 3 rings (SSSR count). The average Bonchev–Trinajstić information content (AvgIpc) is 2.63. The topological polar surface area (TPSA) is 78.9 Å². The monoisotopic (exact) mass is 327 g/mol. The molecule has 0 saturated carbocycles. The van der Waals surface area contributed by atoms with Crippen molar-refractivity contribution in [2.24, 2.45) is 5.92 Å². The number of hydrogen-bond acceptors (Lipinski definition) is 7. The van der Waals surface area contributed by atoms with E-state index in [1.54, 1.807) is 0 Å². The third-order valence-corrected chi connectivity index (χ3v) is 4.41. The Kier molecular flexibility index (Phi) is 5.53. The van der Waals surface area contributed by atoms with Crippen molar-refractivity contribution < 1.29 is 0 Å². The lowest BCUT2D eigenvalue weighted by Gasteiger charge is -2.32. The minimum absolute atomic E-state index is 0.631. The molecule has 0 amide bonds. The summed E-state index contributed by atoms with van der Waals surface area (Å²) < 4.78 is 0. The maximum Gasteiger partial charge on any atom is 0.222 e. The predicted molar refractivity (Wildman–Crippen MR) is 94.9 cm³/mol. The Morgan fingerprint density at radius 3 is 2.62 bits per heavy atom. The lowest BCUT2D eigenvalue weighted by atomic mass is 9.93. The van der Waals surface area contributed by atoms with Crippen molar-refractivity contribution in [3.63, 3.8) is 0 Å². The van der Waals surface area contributed by atoms with Crippen molar-refractivity contribution in [1.82, 2.24) is 25.1 Å². The second kappa shape index (κ2) is 8.01. The van der Waals surface area contributed by atoms with Crippen molar-refractivity contribution in [3.05, 3.63) is 35.8 Å². The van der Waals surface area contributed by atoms with Gasteiger partial charge in [0.25, 0.3) is 0 Å². The Labute approximate surface area is 142 Å². The van der Waals surface area contributed by atoms with E-state index in [1.807, 2.05) is 32.6 Å². The molecule has 1 fully saturated rings. The molecule has 3 heterocycles. The highest BCUT2D eigenvalue weighted by Crippen LogP contribution is 2.21. The lowest BCUT2D eigenvalue weighted by molar-refractivity contribution is 0.166. The van der Waals surface area contributed by atoms with E-state index in [-0.39, 0.29) is 0 Å². The molecule has 1 aliphatic heterocycles. The second-order valence-corrected chi connectivity index (χ2v) is 6.27. The molecular formula is C17H25N7. The van der Waals surface area contributed by atoms with Crippen molar-refractivity contribution >= 4 is 11.8 Å². The van der Waals surface area contributed by atoms with E-state index in [0.29, 0.717) is 11.9 Å². The summed E-state index contributed by atoms with van der Waals surface area (Å²) in [5, 5.41) is 14.4. The van der Waals surface area contributed by atoms with Crippen LogP contribution in [0, 0.1) is 5.92 Å². The molecule has 128 valence electrons. The van der Waals surface area contributed by atoms with Crippen LogP contribution < -0.4 is 10.6 Å². The summed E-state index contributed by atoms with van der Waals surface area (Å²) in [7, 11) is 3.69. The minimum atomic E-state index is 0.631. The summed E-state index contributed by atoms with van der Waals surface area (Å²) in [5.41, 5.74) is 2.23. The van der Waals surface area contributed by atoms with Crippen LogP contribution in [0.15, 0.2) is 24.5 Å². The first-order valence-corrected chi connectivity index (χ1v) is 8.48. The Morgan fingerprint density at radius 2 is 1.96 bits per heavy atom. The third kappa shape index (κ3) is 4.38. The first kappa shape index (κ1) is 16.6. The van der Waals surface area contributed by atoms with E-state index in [1.165, 1.54) is 12.8 Å². The van der Waals surface area contributed by atoms with E-state index in [2.05, 4.69) is 41.8 Å². The maximum atomic E-state index is 4.31. The van der Waals surface area contributed by atoms with Gasteiger partial charge in [0.15, 0.2) is 0 Å². The molecule has 2 N–H and O–H groups in total. The zero-order chi connectivity index (χ0) is 16.8. The number of likely N-dealkylation sites (tertiary alicyclic amines) is 1. The highest BCUT2D eigenvalue weighted by atomic mass is 15.2. The fourth-order valence-electron chi connectivity index (χ4n) is 3.18. The molecule has 0 bridgehead atoms. The van der Waals surface area contributed by atoms with Gasteiger partial charge >= 0.3 is 0 Å². The summed E-state index contributed by atoms with van der Waals surface area (Å²) in [6, 6.07) is 4.06. The molecule has 0 radical (unpaired) electrons. The standard InChI is InChI=1S/C17H25N7/c1-18-16-6-5-15(22-23-16)8-13-4-3-7-24(11-13)12-14-9-20-17(19-2)21-10-14/h5-6,9-10,13H,3-4,7-8,11-12H2,1-2H3,(H,18,23)(H,19,20,21)/t13-/m0/s1. The zero-order valence-corrected chi connectivity index (χ0v) is 14.4. The second-order valence-electron chi connectivity index (χ2n) is 6.27. The first-order valence-electron chi connectivity index (χ1n) is 8.48. The lowest BCUT2D eigenvalue weighted by Crippen LogP contribution is -2.35. The van der Waals surface area contributed by atoms with Gasteiger partial charge in [-0.05, 0) is 43.9 Å². The van der Waals surface area contributed by atoms with Gasteiger partial charge in [-0.15, -0.1) is 5.10 Å². The highest BCUT2D eigenvalue weighted by Gasteiger charge is 2.21. The Morgan fingerprint density at radius 1 is 1.12 bits per heavy atom. The number of rotatable bonds is 6. The smallest absolute Gasteiger partial charge is 0.222 e. The molecular weight excluding hydrogens is 302 g/mol. The van der Waals surface area contributed by atoms with Crippen LogP contribution in [0.5, 0.6) is 0 Å². The van der Waals surface area contributed by atoms with Crippen LogP contribution in [0.25, 0.3) is 0 Å². The number of nitrogens with one attached hydrogen (secondary N) is 2. The van der Waals surface area contributed by atoms with E-state index >= 15 is 0 Å².